The summed E-state index contributed by atoms with van der Waals surface area (Å²) in [6.45, 7) is 0.433. The minimum Gasteiger partial charge on any atom is -0.325 e. The molecule has 4 nitrogen and oxygen atoms in total. The first-order chi connectivity index (χ1) is 5.83. The third-order valence-corrected chi connectivity index (χ3v) is 2.47. The third kappa shape index (κ3) is 1.02. The monoisotopic (exact) mass is 226 g/mol. The van der Waals surface area contributed by atoms with E-state index in [4.69, 9.17) is 5.73 Å². The van der Waals surface area contributed by atoms with Crippen LogP contribution < -0.4 is 5.73 Å². The van der Waals surface area contributed by atoms with Gasteiger partial charge in [-0.05, 0) is 22.0 Å². The van der Waals surface area contributed by atoms with Crippen LogP contribution in [0.4, 0.5) is 0 Å². The molecular formula is C7H7BrN4. The van der Waals surface area contributed by atoms with Crippen LogP contribution in [0.3, 0.4) is 0 Å². The van der Waals surface area contributed by atoms with Gasteiger partial charge in [0.1, 0.15) is 16.6 Å². The molecule has 0 bridgehead atoms. The SMILES string of the molecule is NCc1nc2ccncn2c1Br. The first kappa shape index (κ1) is 7.70. The van der Waals surface area contributed by atoms with Crippen molar-refractivity contribution in [3.8, 4) is 0 Å². The summed E-state index contributed by atoms with van der Waals surface area (Å²) < 4.78 is 2.73. The summed E-state index contributed by atoms with van der Waals surface area (Å²) in [4.78, 5) is 8.26. The van der Waals surface area contributed by atoms with E-state index >= 15 is 0 Å². The molecule has 0 saturated heterocycles. The maximum absolute atomic E-state index is 5.49. The Morgan fingerprint density at radius 3 is 3.08 bits per heavy atom. The molecule has 2 aromatic rings. The molecule has 0 aliphatic heterocycles. The molecule has 0 amide bonds. The van der Waals surface area contributed by atoms with Crippen LogP contribution >= 0.6 is 15.9 Å². The normalized spacial score (nSPS) is 10.8. The standard InChI is InChI=1S/C7H7BrN4/c8-7-5(3-9)11-6-1-2-10-4-12(6)7/h1-2,4H,3,9H2. The molecule has 0 saturated carbocycles. The lowest BCUT2D eigenvalue weighted by atomic mass is 10.5. The van der Waals surface area contributed by atoms with Gasteiger partial charge in [0.25, 0.3) is 0 Å². The van der Waals surface area contributed by atoms with E-state index in [2.05, 4.69) is 25.9 Å². The second-order valence-electron chi connectivity index (χ2n) is 2.36. The molecule has 2 N–H and O–H groups in total. The fraction of sp³-hybridized carbons (Fsp3) is 0.143. The molecule has 2 heterocycles. The van der Waals surface area contributed by atoms with E-state index in [-0.39, 0.29) is 0 Å². The second-order valence-corrected chi connectivity index (χ2v) is 3.11. The minimum atomic E-state index is 0.433. The van der Waals surface area contributed by atoms with E-state index in [9.17, 15) is 0 Å². The van der Waals surface area contributed by atoms with E-state index in [1.807, 2.05) is 10.5 Å². The van der Waals surface area contributed by atoms with E-state index in [0.29, 0.717) is 6.54 Å². The number of nitrogens with two attached hydrogens (primary N) is 1. The lowest BCUT2D eigenvalue weighted by molar-refractivity contribution is 0.994. The fourth-order valence-electron chi connectivity index (χ4n) is 1.05. The number of aromatic nitrogens is 3. The van der Waals surface area contributed by atoms with Gasteiger partial charge in [0.2, 0.25) is 0 Å². The Labute approximate surface area is 77.6 Å². The van der Waals surface area contributed by atoms with Gasteiger partial charge in [0.05, 0.1) is 5.69 Å². The molecule has 0 unspecified atom stereocenters. The molecule has 0 spiro atoms. The van der Waals surface area contributed by atoms with Crippen molar-refractivity contribution in [1.82, 2.24) is 14.4 Å². The van der Waals surface area contributed by atoms with Gasteiger partial charge in [-0.1, -0.05) is 0 Å². The summed E-state index contributed by atoms with van der Waals surface area (Å²) in [5, 5.41) is 0. The zero-order chi connectivity index (χ0) is 8.55. The van der Waals surface area contributed by atoms with E-state index in [1.54, 1.807) is 12.5 Å². The second kappa shape index (κ2) is 2.84. The number of halogens is 1. The van der Waals surface area contributed by atoms with Crippen molar-refractivity contribution in [2.24, 2.45) is 5.73 Å². The van der Waals surface area contributed by atoms with Gasteiger partial charge >= 0.3 is 0 Å². The van der Waals surface area contributed by atoms with Crippen LogP contribution in [-0.4, -0.2) is 14.4 Å². The van der Waals surface area contributed by atoms with Crippen molar-refractivity contribution in [3.05, 3.63) is 28.9 Å². The molecule has 62 valence electrons. The number of rotatable bonds is 1. The van der Waals surface area contributed by atoms with Gasteiger partial charge in [-0.3, -0.25) is 4.40 Å². The molecule has 5 heteroatoms. The Kier molecular flexibility index (Phi) is 1.82. The molecule has 0 atom stereocenters. The largest absolute Gasteiger partial charge is 0.325 e. The Hall–Kier alpha value is -0.940. The van der Waals surface area contributed by atoms with Crippen molar-refractivity contribution in [1.29, 1.82) is 0 Å². The first-order valence-electron chi connectivity index (χ1n) is 3.49. The van der Waals surface area contributed by atoms with E-state index in [0.717, 1.165) is 15.9 Å². The lowest BCUT2D eigenvalue weighted by Crippen LogP contribution is -1.96. The number of hydrogen-bond donors (Lipinski definition) is 1. The highest BCUT2D eigenvalue weighted by atomic mass is 79.9. The van der Waals surface area contributed by atoms with Gasteiger partial charge < -0.3 is 5.73 Å². The van der Waals surface area contributed by atoms with Crippen molar-refractivity contribution >= 4 is 21.6 Å². The zero-order valence-electron chi connectivity index (χ0n) is 6.24. The van der Waals surface area contributed by atoms with Crippen LogP contribution in [0.1, 0.15) is 5.69 Å². The van der Waals surface area contributed by atoms with E-state index < -0.39 is 0 Å². The molecular weight excluding hydrogens is 220 g/mol. The van der Waals surface area contributed by atoms with Crippen LogP contribution in [0.5, 0.6) is 0 Å². The summed E-state index contributed by atoms with van der Waals surface area (Å²) in [5.41, 5.74) is 7.20. The van der Waals surface area contributed by atoms with Crippen LogP contribution in [0, 0.1) is 0 Å². The van der Waals surface area contributed by atoms with Gasteiger partial charge in [0.15, 0.2) is 0 Å². The van der Waals surface area contributed by atoms with Gasteiger partial charge in [-0.2, -0.15) is 0 Å². The molecule has 0 aliphatic rings. The number of imidazole rings is 1. The predicted octanol–water partition coefficient (Wildman–Crippen LogP) is 0.951. The van der Waals surface area contributed by atoms with Gasteiger partial charge in [0, 0.05) is 12.7 Å². The summed E-state index contributed by atoms with van der Waals surface area (Å²) in [6, 6.07) is 1.84. The molecule has 12 heavy (non-hydrogen) atoms. The highest BCUT2D eigenvalue weighted by molar-refractivity contribution is 9.10. The summed E-state index contributed by atoms with van der Waals surface area (Å²) in [5.74, 6) is 0. The molecule has 0 fully saturated rings. The third-order valence-electron chi connectivity index (χ3n) is 1.63. The molecule has 0 aliphatic carbocycles. The number of nitrogens with zero attached hydrogens (tertiary/aromatic N) is 3. The fourth-order valence-corrected chi connectivity index (χ4v) is 1.57. The van der Waals surface area contributed by atoms with Gasteiger partial charge in [-0.15, -0.1) is 0 Å². The Bertz CT molecular complexity index is 409. The van der Waals surface area contributed by atoms with Crippen LogP contribution in [0.2, 0.25) is 0 Å². The molecule has 0 radical (unpaired) electrons. The van der Waals surface area contributed by atoms with Crippen molar-refractivity contribution in [2.75, 3.05) is 0 Å². The average molecular weight is 227 g/mol. The average Bonchev–Trinajstić information content (AvgIpc) is 2.44. The number of fused-ring (bicyclic) bond motifs is 1. The Balaban J connectivity index is 2.78. The maximum atomic E-state index is 5.49. The predicted molar refractivity (Wildman–Crippen MR) is 48.6 cm³/mol. The van der Waals surface area contributed by atoms with Crippen LogP contribution in [-0.2, 0) is 6.54 Å². The Morgan fingerprint density at radius 2 is 2.42 bits per heavy atom. The molecule has 2 aromatic heterocycles. The first-order valence-corrected chi connectivity index (χ1v) is 4.28. The molecule has 0 aromatic carbocycles. The lowest BCUT2D eigenvalue weighted by Gasteiger charge is -1.91. The highest BCUT2D eigenvalue weighted by Crippen LogP contribution is 2.16. The highest BCUT2D eigenvalue weighted by Gasteiger charge is 2.06. The van der Waals surface area contributed by atoms with Crippen molar-refractivity contribution in [3.63, 3.8) is 0 Å². The van der Waals surface area contributed by atoms with Crippen LogP contribution in [0.15, 0.2) is 23.2 Å². The maximum Gasteiger partial charge on any atom is 0.140 e. The minimum absolute atomic E-state index is 0.433. The van der Waals surface area contributed by atoms with Crippen molar-refractivity contribution in [2.45, 2.75) is 6.54 Å². The van der Waals surface area contributed by atoms with E-state index in [1.165, 1.54) is 0 Å². The quantitative estimate of drug-likeness (QED) is 0.788. The molecule has 2 rings (SSSR count). The van der Waals surface area contributed by atoms with Crippen LogP contribution in [0.25, 0.3) is 5.65 Å². The topological polar surface area (TPSA) is 56.2 Å². The smallest absolute Gasteiger partial charge is 0.140 e. The number of hydrogen-bond acceptors (Lipinski definition) is 3. The Morgan fingerprint density at radius 1 is 1.58 bits per heavy atom. The summed E-state index contributed by atoms with van der Waals surface area (Å²) >= 11 is 3.39. The van der Waals surface area contributed by atoms with Crippen molar-refractivity contribution < 1.29 is 0 Å². The zero-order valence-corrected chi connectivity index (χ0v) is 7.82. The summed E-state index contributed by atoms with van der Waals surface area (Å²) in [7, 11) is 0. The van der Waals surface area contributed by atoms with Gasteiger partial charge in [-0.25, -0.2) is 9.97 Å². The summed E-state index contributed by atoms with van der Waals surface area (Å²) in [6.07, 6.45) is 3.40.